The summed E-state index contributed by atoms with van der Waals surface area (Å²) in [4.78, 5) is 38.8. The largest absolute Gasteiger partial charge is 0.350 e. The molecule has 2 heterocycles. The van der Waals surface area contributed by atoms with Crippen LogP contribution in [0.4, 0.5) is 5.69 Å². The Kier molecular flexibility index (Phi) is 7.97. The standard InChI is InChI=1S/C27H32N6O3S/c1-6-12-32-25(36)21-11-9-19(24(35)28-18(5)7-2)14-22(21)33-26(32)30-31-27(33)37-15-23(34)29-20-10-8-16(3)17(4)13-20/h8-11,13-14,18H,6-7,12,15H2,1-5H3,(H,28,35)(H,29,34)/t18-/m0/s1. The quantitative estimate of drug-likeness (QED) is 0.318. The van der Waals surface area contributed by atoms with E-state index in [0.717, 1.165) is 29.7 Å². The van der Waals surface area contributed by atoms with Crippen molar-refractivity contribution >= 4 is 45.9 Å². The lowest BCUT2D eigenvalue weighted by Gasteiger charge is -2.14. The fourth-order valence-electron chi connectivity index (χ4n) is 4.00. The summed E-state index contributed by atoms with van der Waals surface area (Å²) in [5.41, 5.74) is 3.78. The summed E-state index contributed by atoms with van der Waals surface area (Å²) in [5.74, 6) is 0.105. The molecule has 0 spiro atoms. The summed E-state index contributed by atoms with van der Waals surface area (Å²) >= 11 is 1.23. The first-order valence-corrected chi connectivity index (χ1v) is 13.4. The number of benzene rings is 2. The van der Waals surface area contributed by atoms with Gasteiger partial charge in [0.2, 0.25) is 11.7 Å². The minimum Gasteiger partial charge on any atom is -0.350 e. The smallest absolute Gasteiger partial charge is 0.262 e. The maximum absolute atomic E-state index is 13.3. The van der Waals surface area contributed by atoms with Gasteiger partial charge in [0.25, 0.3) is 11.5 Å². The molecule has 4 aromatic rings. The van der Waals surface area contributed by atoms with Crippen molar-refractivity contribution in [2.75, 3.05) is 11.1 Å². The van der Waals surface area contributed by atoms with Crippen molar-refractivity contribution in [3.63, 3.8) is 0 Å². The monoisotopic (exact) mass is 520 g/mol. The van der Waals surface area contributed by atoms with Crippen LogP contribution in [0.3, 0.4) is 0 Å². The number of amides is 2. The van der Waals surface area contributed by atoms with Gasteiger partial charge in [-0.3, -0.25) is 23.4 Å². The van der Waals surface area contributed by atoms with Gasteiger partial charge in [-0.15, -0.1) is 10.2 Å². The molecule has 0 aliphatic carbocycles. The van der Waals surface area contributed by atoms with Gasteiger partial charge < -0.3 is 10.6 Å². The Hall–Kier alpha value is -3.66. The first-order valence-electron chi connectivity index (χ1n) is 12.5. The van der Waals surface area contributed by atoms with E-state index in [2.05, 4.69) is 20.8 Å². The maximum Gasteiger partial charge on any atom is 0.262 e. The number of aryl methyl sites for hydroxylation is 3. The van der Waals surface area contributed by atoms with Crippen LogP contribution in [-0.2, 0) is 11.3 Å². The van der Waals surface area contributed by atoms with Gasteiger partial charge in [0.1, 0.15) is 0 Å². The van der Waals surface area contributed by atoms with Crippen LogP contribution in [0.25, 0.3) is 16.7 Å². The van der Waals surface area contributed by atoms with Crippen molar-refractivity contribution in [1.29, 1.82) is 0 Å². The van der Waals surface area contributed by atoms with Gasteiger partial charge >= 0.3 is 0 Å². The Balaban J connectivity index is 1.71. The summed E-state index contributed by atoms with van der Waals surface area (Å²) in [7, 11) is 0. The first kappa shape index (κ1) is 26.4. The van der Waals surface area contributed by atoms with Crippen molar-refractivity contribution in [3.05, 3.63) is 63.4 Å². The molecule has 0 radical (unpaired) electrons. The highest BCUT2D eigenvalue weighted by molar-refractivity contribution is 7.99. The highest BCUT2D eigenvalue weighted by Crippen LogP contribution is 2.23. The van der Waals surface area contributed by atoms with Crippen LogP contribution in [0.5, 0.6) is 0 Å². The molecule has 10 heteroatoms. The van der Waals surface area contributed by atoms with Crippen molar-refractivity contribution in [1.82, 2.24) is 24.5 Å². The van der Waals surface area contributed by atoms with Crippen LogP contribution in [0.1, 0.15) is 55.1 Å². The Morgan fingerprint density at radius 2 is 1.84 bits per heavy atom. The lowest BCUT2D eigenvalue weighted by Crippen LogP contribution is -2.32. The van der Waals surface area contributed by atoms with E-state index in [1.54, 1.807) is 27.2 Å². The number of nitrogens with zero attached hydrogens (tertiary/aromatic N) is 4. The minimum atomic E-state index is -0.211. The summed E-state index contributed by atoms with van der Waals surface area (Å²) < 4.78 is 3.36. The van der Waals surface area contributed by atoms with Gasteiger partial charge in [0.05, 0.1) is 16.7 Å². The molecule has 4 rings (SSSR count). The number of anilines is 1. The van der Waals surface area contributed by atoms with Crippen molar-refractivity contribution in [2.45, 2.75) is 65.2 Å². The van der Waals surface area contributed by atoms with Crippen molar-refractivity contribution < 1.29 is 9.59 Å². The average molecular weight is 521 g/mol. The van der Waals surface area contributed by atoms with E-state index in [9.17, 15) is 14.4 Å². The van der Waals surface area contributed by atoms with Crippen molar-refractivity contribution in [2.24, 2.45) is 0 Å². The molecule has 0 aliphatic heterocycles. The third-order valence-corrected chi connectivity index (χ3v) is 7.32. The van der Waals surface area contributed by atoms with Crippen LogP contribution in [0, 0.1) is 13.8 Å². The third-order valence-electron chi connectivity index (χ3n) is 6.39. The predicted molar refractivity (Wildman–Crippen MR) is 148 cm³/mol. The number of hydrogen-bond donors (Lipinski definition) is 2. The Bertz CT molecular complexity index is 1540. The number of aromatic nitrogens is 4. The van der Waals surface area contributed by atoms with E-state index in [1.165, 1.54) is 11.8 Å². The van der Waals surface area contributed by atoms with E-state index in [-0.39, 0.29) is 29.2 Å². The molecule has 2 N–H and O–H groups in total. The number of rotatable bonds is 9. The van der Waals surface area contributed by atoms with E-state index in [0.29, 0.717) is 33.9 Å². The zero-order valence-electron chi connectivity index (χ0n) is 21.8. The van der Waals surface area contributed by atoms with Gasteiger partial charge in [-0.1, -0.05) is 31.7 Å². The second kappa shape index (κ2) is 11.2. The Labute approximate surface area is 219 Å². The molecule has 0 saturated carbocycles. The van der Waals surface area contributed by atoms with Gasteiger partial charge in [-0.05, 0) is 75.1 Å². The van der Waals surface area contributed by atoms with Crippen LogP contribution >= 0.6 is 11.8 Å². The zero-order chi connectivity index (χ0) is 26.7. The SMILES string of the molecule is CCCn1c(=O)c2ccc(C(=O)N[C@@H](C)CC)cc2n2c(SCC(=O)Nc3ccc(C)c(C)c3)nnc12. The normalized spacial score (nSPS) is 12.1. The van der Waals surface area contributed by atoms with Gasteiger partial charge in [-0.25, -0.2) is 0 Å². The number of carbonyl (C=O) groups is 2. The minimum absolute atomic E-state index is 0.0256. The van der Waals surface area contributed by atoms with Crippen LogP contribution in [-0.4, -0.2) is 42.8 Å². The fourth-order valence-corrected chi connectivity index (χ4v) is 4.74. The van der Waals surface area contributed by atoms with E-state index in [4.69, 9.17) is 0 Å². The molecule has 0 unspecified atom stereocenters. The number of nitrogens with one attached hydrogen (secondary N) is 2. The number of fused-ring (bicyclic) bond motifs is 3. The average Bonchev–Trinajstić information content (AvgIpc) is 3.31. The highest BCUT2D eigenvalue weighted by Gasteiger charge is 2.19. The molecule has 37 heavy (non-hydrogen) atoms. The molecular weight excluding hydrogens is 488 g/mol. The molecule has 1 atom stereocenters. The molecule has 194 valence electrons. The molecule has 0 fully saturated rings. The summed E-state index contributed by atoms with van der Waals surface area (Å²) in [5, 5.41) is 15.4. The predicted octanol–water partition coefficient (Wildman–Crippen LogP) is 4.33. The second-order valence-electron chi connectivity index (χ2n) is 9.23. The molecule has 2 aromatic heterocycles. The molecule has 2 amide bonds. The highest BCUT2D eigenvalue weighted by atomic mass is 32.2. The molecule has 2 aromatic carbocycles. The van der Waals surface area contributed by atoms with Crippen LogP contribution < -0.4 is 16.2 Å². The Morgan fingerprint density at radius 1 is 1.05 bits per heavy atom. The summed E-state index contributed by atoms with van der Waals surface area (Å²) in [6.07, 6.45) is 1.55. The molecule has 0 saturated heterocycles. The van der Waals surface area contributed by atoms with Gasteiger partial charge in [0, 0.05) is 23.8 Å². The molecular formula is C27H32N6O3S. The van der Waals surface area contributed by atoms with Crippen LogP contribution in [0.15, 0.2) is 46.3 Å². The fraction of sp³-hybridized carbons (Fsp3) is 0.370. The molecule has 0 bridgehead atoms. The lowest BCUT2D eigenvalue weighted by atomic mass is 10.1. The lowest BCUT2D eigenvalue weighted by molar-refractivity contribution is -0.113. The van der Waals surface area contributed by atoms with Gasteiger partial charge in [0.15, 0.2) is 5.16 Å². The molecule has 0 aliphatic rings. The van der Waals surface area contributed by atoms with Gasteiger partial charge in [-0.2, -0.15) is 0 Å². The Morgan fingerprint density at radius 3 is 2.54 bits per heavy atom. The summed E-state index contributed by atoms with van der Waals surface area (Å²) in [6, 6.07) is 10.8. The maximum atomic E-state index is 13.3. The zero-order valence-corrected chi connectivity index (χ0v) is 22.6. The van der Waals surface area contributed by atoms with Crippen molar-refractivity contribution in [3.8, 4) is 0 Å². The molecule has 9 nitrogen and oxygen atoms in total. The van der Waals surface area contributed by atoms with E-state index >= 15 is 0 Å². The van der Waals surface area contributed by atoms with Crippen LogP contribution in [0.2, 0.25) is 0 Å². The first-order chi connectivity index (χ1) is 17.7. The number of thioether (sulfide) groups is 1. The number of carbonyl (C=O) groups excluding carboxylic acids is 2. The van der Waals surface area contributed by atoms with E-state index < -0.39 is 0 Å². The number of hydrogen-bond acceptors (Lipinski definition) is 6. The second-order valence-corrected chi connectivity index (χ2v) is 10.2. The third kappa shape index (κ3) is 5.53. The van der Waals surface area contributed by atoms with E-state index in [1.807, 2.05) is 52.8 Å². The topological polar surface area (TPSA) is 110 Å². The summed E-state index contributed by atoms with van der Waals surface area (Å²) in [6.45, 7) is 10.4.